The van der Waals surface area contributed by atoms with Gasteiger partial charge in [-0.2, -0.15) is 5.10 Å². The lowest BCUT2D eigenvalue weighted by Crippen LogP contribution is -2.01. The maximum Gasteiger partial charge on any atom is 0.176 e. The van der Waals surface area contributed by atoms with Crippen LogP contribution >= 0.6 is 0 Å². The van der Waals surface area contributed by atoms with Crippen molar-refractivity contribution in [1.82, 2.24) is 29.3 Å². The number of nitrogens with one attached hydrogen (secondary N) is 1. The van der Waals surface area contributed by atoms with Gasteiger partial charge < -0.3 is 9.55 Å². The molecule has 0 bridgehead atoms. The molecule has 120 valence electrons. The number of aromatic amines is 1. The van der Waals surface area contributed by atoms with E-state index in [1.54, 1.807) is 0 Å². The van der Waals surface area contributed by atoms with Gasteiger partial charge in [0.15, 0.2) is 11.5 Å². The number of nitrogens with zero attached hydrogens (tertiary/aromatic N) is 5. The number of hydrogen-bond donors (Lipinski definition) is 1. The topological polar surface area (TPSA) is 64.3 Å². The molecule has 5 rings (SSSR count). The van der Waals surface area contributed by atoms with Crippen LogP contribution < -0.4 is 0 Å². The van der Waals surface area contributed by atoms with E-state index in [0.717, 1.165) is 34.9 Å². The van der Waals surface area contributed by atoms with Crippen molar-refractivity contribution in [2.24, 2.45) is 7.05 Å². The van der Waals surface area contributed by atoms with Crippen LogP contribution in [0.4, 0.5) is 0 Å². The first-order chi connectivity index (χ1) is 11.8. The zero-order valence-electron chi connectivity index (χ0n) is 13.5. The fraction of sp³-hybridized carbons (Fsp3) is 0.278. The van der Waals surface area contributed by atoms with Gasteiger partial charge in [0.05, 0.1) is 18.2 Å². The lowest BCUT2D eigenvalue weighted by atomic mass is 10.2. The molecule has 4 aromatic rings. The van der Waals surface area contributed by atoms with Gasteiger partial charge in [0.25, 0.3) is 0 Å². The number of aryl methyl sites for hydroxylation is 1. The van der Waals surface area contributed by atoms with Crippen LogP contribution in [-0.4, -0.2) is 29.3 Å². The Balaban J connectivity index is 1.56. The first-order valence-electron chi connectivity index (χ1n) is 8.26. The minimum absolute atomic E-state index is 0.594. The Hall–Kier alpha value is -2.89. The maximum atomic E-state index is 4.77. The highest BCUT2D eigenvalue weighted by molar-refractivity contribution is 5.79. The third-order valence-corrected chi connectivity index (χ3v) is 4.62. The molecule has 0 spiro atoms. The van der Waals surface area contributed by atoms with Crippen molar-refractivity contribution in [3.8, 4) is 11.5 Å². The Labute approximate surface area is 139 Å². The predicted octanol–water partition coefficient (Wildman–Crippen LogP) is 3.09. The largest absolute Gasteiger partial charge is 0.334 e. The van der Waals surface area contributed by atoms with E-state index in [0.29, 0.717) is 5.92 Å². The summed E-state index contributed by atoms with van der Waals surface area (Å²) in [5.74, 6) is 1.45. The van der Waals surface area contributed by atoms with Crippen LogP contribution in [0.5, 0.6) is 0 Å². The molecule has 6 nitrogen and oxygen atoms in total. The van der Waals surface area contributed by atoms with Gasteiger partial charge in [0.1, 0.15) is 11.2 Å². The normalized spacial score (nSPS) is 14.5. The molecule has 0 radical (unpaired) electrons. The van der Waals surface area contributed by atoms with E-state index in [9.17, 15) is 0 Å². The van der Waals surface area contributed by atoms with Gasteiger partial charge in [-0.1, -0.05) is 30.3 Å². The van der Waals surface area contributed by atoms with Crippen molar-refractivity contribution >= 4 is 11.2 Å². The molecule has 0 unspecified atom stereocenters. The fourth-order valence-corrected chi connectivity index (χ4v) is 3.22. The first kappa shape index (κ1) is 13.5. The van der Waals surface area contributed by atoms with E-state index in [2.05, 4.69) is 43.9 Å². The van der Waals surface area contributed by atoms with Gasteiger partial charge in [-0.3, -0.25) is 0 Å². The fourth-order valence-electron chi connectivity index (χ4n) is 3.22. The number of rotatable bonds is 4. The highest BCUT2D eigenvalue weighted by Gasteiger charge is 2.30. The second kappa shape index (κ2) is 5.06. The molecule has 6 heteroatoms. The monoisotopic (exact) mass is 318 g/mol. The van der Waals surface area contributed by atoms with Crippen molar-refractivity contribution in [2.45, 2.75) is 25.3 Å². The summed E-state index contributed by atoms with van der Waals surface area (Å²) in [7, 11) is 1.96. The van der Waals surface area contributed by atoms with Crippen LogP contribution in [0, 0.1) is 0 Å². The number of benzene rings is 1. The zero-order valence-corrected chi connectivity index (χ0v) is 13.5. The average molecular weight is 318 g/mol. The molecule has 1 aromatic carbocycles. The molecule has 0 amide bonds. The lowest BCUT2D eigenvalue weighted by Gasteiger charge is -2.06. The van der Waals surface area contributed by atoms with Gasteiger partial charge >= 0.3 is 0 Å². The minimum atomic E-state index is 0.594. The summed E-state index contributed by atoms with van der Waals surface area (Å²) in [5.41, 5.74) is 5.38. The summed E-state index contributed by atoms with van der Waals surface area (Å²) in [6, 6.07) is 10.4. The average Bonchev–Trinajstić information content (AvgIpc) is 3.04. The SMILES string of the molecule is Cn1nc(C2CC2)c2[nH]c(-c3cncn3Cc3ccccc3)nc21. The van der Waals surface area contributed by atoms with Gasteiger partial charge in [-0.25, -0.2) is 14.6 Å². The Morgan fingerprint density at radius 1 is 1.21 bits per heavy atom. The molecular formula is C18H18N6. The van der Waals surface area contributed by atoms with E-state index in [1.807, 2.05) is 30.3 Å². The van der Waals surface area contributed by atoms with Crippen molar-refractivity contribution in [1.29, 1.82) is 0 Å². The highest BCUT2D eigenvalue weighted by atomic mass is 15.3. The second-order valence-corrected chi connectivity index (χ2v) is 6.46. The molecular weight excluding hydrogens is 300 g/mol. The van der Waals surface area contributed by atoms with Crippen LogP contribution in [0.3, 0.4) is 0 Å². The molecule has 0 saturated heterocycles. The van der Waals surface area contributed by atoms with E-state index in [1.165, 1.54) is 18.4 Å². The van der Waals surface area contributed by atoms with Gasteiger partial charge in [0.2, 0.25) is 0 Å². The lowest BCUT2D eigenvalue weighted by molar-refractivity contribution is 0.757. The first-order valence-corrected chi connectivity index (χ1v) is 8.26. The molecule has 1 aliphatic rings. The zero-order chi connectivity index (χ0) is 16.1. The van der Waals surface area contributed by atoms with Crippen molar-refractivity contribution in [3.05, 3.63) is 54.1 Å². The van der Waals surface area contributed by atoms with Gasteiger partial charge in [0, 0.05) is 19.5 Å². The maximum absolute atomic E-state index is 4.77. The summed E-state index contributed by atoms with van der Waals surface area (Å²) in [5, 5.41) is 4.62. The van der Waals surface area contributed by atoms with Crippen molar-refractivity contribution in [3.63, 3.8) is 0 Å². The number of imidazole rings is 2. The van der Waals surface area contributed by atoms with Crippen LogP contribution in [-0.2, 0) is 13.6 Å². The van der Waals surface area contributed by atoms with E-state index in [4.69, 9.17) is 4.98 Å². The van der Waals surface area contributed by atoms with Crippen LogP contribution in [0.2, 0.25) is 0 Å². The highest BCUT2D eigenvalue weighted by Crippen LogP contribution is 2.42. The molecule has 3 aromatic heterocycles. The molecule has 24 heavy (non-hydrogen) atoms. The van der Waals surface area contributed by atoms with Crippen LogP contribution in [0.1, 0.15) is 30.0 Å². The quantitative estimate of drug-likeness (QED) is 0.629. The number of H-pyrrole nitrogens is 1. The summed E-state index contributed by atoms with van der Waals surface area (Å²) in [6.45, 7) is 0.779. The van der Waals surface area contributed by atoms with E-state index < -0.39 is 0 Å². The third kappa shape index (κ3) is 2.14. The Morgan fingerprint density at radius 2 is 2.04 bits per heavy atom. The van der Waals surface area contributed by atoms with Gasteiger partial charge in [-0.05, 0) is 18.4 Å². The van der Waals surface area contributed by atoms with E-state index in [-0.39, 0.29) is 0 Å². The number of fused-ring (bicyclic) bond motifs is 1. The standard InChI is InChI=1S/C18H18N6/c1-23-18-16(15(22-23)13-7-8-13)20-17(21-18)14-9-19-11-24(14)10-12-5-3-2-4-6-12/h2-6,9,11,13H,7-8,10H2,1H3,(H,20,21). The molecule has 0 atom stereocenters. The molecule has 1 N–H and O–H groups in total. The minimum Gasteiger partial charge on any atom is -0.334 e. The molecule has 1 aliphatic carbocycles. The number of hydrogen-bond acceptors (Lipinski definition) is 3. The van der Waals surface area contributed by atoms with Crippen LogP contribution in [0.25, 0.3) is 22.7 Å². The smallest absolute Gasteiger partial charge is 0.176 e. The Kier molecular flexibility index (Phi) is 2.85. The Bertz CT molecular complexity index is 1000. The third-order valence-electron chi connectivity index (χ3n) is 4.62. The molecule has 1 saturated carbocycles. The van der Waals surface area contributed by atoms with Crippen molar-refractivity contribution < 1.29 is 0 Å². The second-order valence-electron chi connectivity index (χ2n) is 6.46. The van der Waals surface area contributed by atoms with Crippen LogP contribution in [0.15, 0.2) is 42.9 Å². The predicted molar refractivity (Wildman–Crippen MR) is 91.6 cm³/mol. The van der Waals surface area contributed by atoms with E-state index >= 15 is 0 Å². The Morgan fingerprint density at radius 3 is 2.83 bits per heavy atom. The molecule has 3 heterocycles. The molecule has 0 aliphatic heterocycles. The summed E-state index contributed by atoms with van der Waals surface area (Å²) < 4.78 is 4.00. The van der Waals surface area contributed by atoms with Crippen molar-refractivity contribution in [2.75, 3.05) is 0 Å². The summed E-state index contributed by atoms with van der Waals surface area (Å²) in [6.07, 6.45) is 6.18. The molecule has 1 fully saturated rings. The van der Waals surface area contributed by atoms with Gasteiger partial charge in [-0.15, -0.1) is 0 Å². The summed E-state index contributed by atoms with van der Waals surface area (Å²) in [4.78, 5) is 12.6. The summed E-state index contributed by atoms with van der Waals surface area (Å²) >= 11 is 0. The number of aromatic nitrogens is 6.